The van der Waals surface area contributed by atoms with Gasteiger partial charge in [0, 0.05) is 24.5 Å². The first-order valence-corrected chi connectivity index (χ1v) is 10.8. The van der Waals surface area contributed by atoms with Crippen LogP contribution in [0.3, 0.4) is 0 Å². The number of rotatable bonds is 4. The van der Waals surface area contributed by atoms with Crippen LogP contribution in [-0.2, 0) is 23.5 Å². The molecule has 2 heterocycles. The summed E-state index contributed by atoms with van der Waals surface area (Å²) in [7, 11) is -1.96. The van der Waals surface area contributed by atoms with Crippen LogP contribution in [0.4, 0.5) is 0 Å². The maximum Gasteiger partial charge on any atom is 0.260 e. The topological polar surface area (TPSA) is 81.8 Å². The molecule has 3 aromatic rings. The van der Waals surface area contributed by atoms with Gasteiger partial charge >= 0.3 is 0 Å². The molecule has 1 atom stereocenters. The minimum Gasteiger partial charge on any atom is -0.339 e. The van der Waals surface area contributed by atoms with E-state index in [9.17, 15) is 8.42 Å². The molecular formula is C20H25N5O2S. The predicted molar refractivity (Wildman–Crippen MR) is 107 cm³/mol. The first kappa shape index (κ1) is 18.9. The van der Waals surface area contributed by atoms with Crippen molar-refractivity contribution in [3.8, 4) is 5.69 Å². The number of aromatic nitrogens is 4. The molecule has 4 rings (SSSR count). The smallest absolute Gasteiger partial charge is 0.260 e. The Balaban J connectivity index is 1.72. The van der Waals surface area contributed by atoms with Crippen LogP contribution in [0, 0.1) is 12.3 Å². The highest BCUT2D eigenvalue weighted by atomic mass is 32.2. The summed E-state index contributed by atoms with van der Waals surface area (Å²) in [4.78, 5) is 4.00. The van der Waals surface area contributed by atoms with Gasteiger partial charge in [0.2, 0.25) is 0 Å². The van der Waals surface area contributed by atoms with Gasteiger partial charge in [-0.05, 0) is 37.3 Å². The standard InChI is InChI=1S/C20H25N5O2S/c1-14-5-7-15(8-6-14)25-18-10-20(2,3)9-17(16(18)11-22-25)23-28(26,27)19-12-24(4)13-21-19/h5-8,11-13,17,23H,9-10H2,1-4H3/t17-/m1/s1. The van der Waals surface area contributed by atoms with Gasteiger partial charge in [0.15, 0.2) is 5.03 Å². The minimum absolute atomic E-state index is 0.0332. The van der Waals surface area contributed by atoms with E-state index in [1.165, 1.54) is 18.1 Å². The second-order valence-electron chi connectivity index (χ2n) is 8.39. The van der Waals surface area contributed by atoms with E-state index in [-0.39, 0.29) is 16.5 Å². The van der Waals surface area contributed by atoms with Crippen molar-refractivity contribution < 1.29 is 8.42 Å². The van der Waals surface area contributed by atoms with Crippen LogP contribution in [0.1, 0.15) is 43.1 Å². The van der Waals surface area contributed by atoms with E-state index < -0.39 is 10.0 Å². The van der Waals surface area contributed by atoms with Crippen molar-refractivity contribution in [3.05, 3.63) is 59.8 Å². The number of fused-ring (bicyclic) bond motifs is 1. The number of nitrogens with one attached hydrogen (secondary N) is 1. The SMILES string of the molecule is Cc1ccc(-n2ncc3c2CC(C)(C)C[C@H]3NS(=O)(=O)c2cn(C)cn2)cc1. The Morgan fingerprint density at radius 1 is 1.21 bits per heavy atom. The fourth-order valence-corrected chi connectivity index (χ4v) is 5.03. The summed E-state index contributed by atoms with van der Waals surface area (Å²) in [6.45, 7) is 6.36. The molecule has 0 aliphatic heterocycles. The van der Waals surface area contributed by atoms with Gasteiger partial charge in [-0.1, -0.05) is 31.5 Å². The summed E-state index contributed by atoms with van der Waals surface area (Å²) < 4.78 is 32.1. The summed E-state index contributed by atoms with van der Waals surface area (Å²) >= 11 is 0. The number of hydrogen-bond acceptors (Lipinski definition) is 4. The molecule has 0 fully saturated rings. The molecule has 1 aliphatic rings. The monoisotopic (exact) mass is 399 g/mol. The Morgan fingerprint density at radius 2 is 1.93 bits per heavy atom. The minimum atomic E-state index is -3.71. The fourth-order valence-electron chi connectivity index (χ4n) is 3.83. The molecule has 0 unspecified atom stereocenters. The van der Waals surface area contributed by atoms with Gasteiger partial charge < -0.3 is 4.57 Å². The Kier molecular flexibility index (Phi) is 4.43. The molecule has 1 aromatic carbocycles. The van der Waals surface area contributed by atoms with Gasteiger partial charge in [-0.2, -0.15) is 5.10 Å². The molecule has 8 heteroatoms. The predicted octanol–water partition coefficient (Wildman–Crippen LogP) is 2.91. The number of hydrogen-bond donors (Lipinski definition) is 1. The lowest BCUT2D eigenvalue weighted by Crippen LogP contribution is -2.36. The molecule has 0 saturated carbocycles. The molecule has 0 radical (unpaired) electrons. The Bertz CT molecular complexity index is 1110. The summed E-state index contributed by atoms with van der Waals surface area (Å²) in [5.41, 5.74) is 4.09. The van der Waals surface area contributed by atoms with E-state index in [0.717, 1.165) is 23.4 Å². The molecule has 0 saturated heterocycles. The van der Waals surface area contributed by atoms with E-state index in [0.29, 0.717) is 6.42 Å². The van der Waals surface area contributed by atoms with Crippen LogP contribution in [-0.4, -0.2) is 27.7 Å². The third kappa shape index (κ3) is 3.49. The average molecular weight is 400 g/mol. The normalized spacial score (nSPS) is 18.8. The van der Waals surface area contributed by atoms with Gasteiger partial charge in [0.05, 0.1) is 24.3 Å². The number of sulfonamides is 1. The van der Waals surface area contributed by atoms with Gasteiger partial charge in [-0.25, -0.2) is 22.8 Å². The third-order valence-electron chi connectivity index (χ3n) is 5.21. The largest absolute Gasteiger partial charge is 0.339 e. The Morgan fingerprint density at radius 3 is 2.57 bits per heavy atom. The highest BCUT2D eigenvalue weighted by Gasteiger charge is 2.37. The highest BCUT2D eigenvalue weighted by molar-refractivity contribution is 7.89. The van der Waals surface area contributed by atoms with Gasteiger partial charge in [-0.3, -0.25) is 0 Å². The molecule has 28 heavy (non-hydrogen) atoms. The Labute approximate surface area is 165 Å². The van der Waals surface area contributed by atoms with Crippen LogP contribution in [0.15, 0.2) is 48.0 Å². The molecule has 7 nitrogen and oxygen atoms in total. The van der Waals surface area contributed by atoms with Crippen LogP contribution >= 0.6 is 0 Å². The van der Waals surface area contributed by atoms with Crippen molar-refractivity contribution >= 4 is 10.0 Å². The first-order valence-electron chi connectivity index (χ1n) is 9.29. The summed E-state index contributed by atoms with van der Waals surface area (Å²) in [5, 5.41) is 4.62. The number of aryl methyl sites for hydroxylation is 2. The van der Waals surface area contributed by atoms with Crippen LogP contribution in [0.25, 0.3) is 5.69 Å². The molecule has 148 valence electrons. The zero-order chi connectivity index (χ0) is 20.1. The number of nitrogens with zero attached hydrogens (tertiary/aromatic N) is 4. The second-order valence-corrected chi connectivity index (χ2v) is 10.1. The van der Waals surface area contributed by atoms with Crippen molar-refractivity contribution in [2.45, 2.75) is 44.7 Å². The van der Waals surface area contributed by atoms with E-state index in [1.54, 1.807) is 17.8 Å². The number of imidazole rings is 1. The van der Waals surface area contributed by atoms with Crippen molar-refractivity contribution in [1.29, 1.82) is 0 Å². The lowest BCUT2D eigenvalue weighted by atomic mass is 9.74. The molecule has 1 N–H and O–H groups in total. The second kappa shape index (κ2) is 6.56. The van der Waals surface area contributed by atoms with Gasteiger partial charge in [0.25, 0.3) is 10.0 Å². The van der Waals surface area contributed by atoms with Gasteiger partial charge in [0.1, 0.15) is 0 Å². The molecule has 1 aliphatic carbocycles. The lowest BCUT2D eigenvalue weighted by molar-refractivity contribution is 0.268. The fraction of sp³-hybridized carbons (Fsp3) is 0.400. The van der Waals surface area contributed by atoms with E-state index in [4.69, 9.17) is 0 Å². The van der Waals surface area contributed by atoms with Crippen molar-refractivity contribution in [3.63, 3.8) is 0 Å². The molecule has 0 amide bonds. The zero-order valence-electron chi connectivity index (χ0n) is 16.5. The van der Waals surface area contributed by atoms with E-state index in [2.05, 4.69) is 40.8 Å². The quantitative estimate of drug-likeness (QED) is 0.731. The van der Waals surface area contributed by atoms with Crippen LogP contribution in [0.5, 0.6) is 0 Å². The first-order chi connectivity index (χ1) is 13.1. The van der Waals surface area contributed by atoms with Gasteiger partial charge in [-0.15, -0.1) is 0 Å². The van der Waals surface area contributed by atoms with Crippen molar-refractivity contribution in [1.82, 2.24) is 24.1 Å². The third-order valence-corrected chi connectivity index (χ3v) is 6.57. The van der Waals surface area contributed by atoms with Crippen LogP contribution in [0.2, 0.25) is 0 Å². The van der Waals surface area contributed by atoms with Crippen LogP contribution < -0.4 is 4.72 Å². The number of benzene rings is 1. The Hall–Kier alpha value is -2.45. The molecule has 2 aromatic heterocycles. The lowest BCUT2D eigenvalue weighted by Gasteiger charge is -2.35. The summed E-state index contributed by atoms with van der Waals surface area (Å²) in [6.07, 6.45) is 6.31. The van der Waals surface area contributed by atoms with E-state index >= 15 is 0 Å². The average Bonchev–Trinajstić information content (AvgIpc) is 3.21. The maximum absolute atomic E-state index is 12.8. The summed E-state index contributed by atoms with van der Waals surface area (Å²) in [6, 6.07) is 7.84. The zero-order valence-corrected chi connectivity index (χ0v) is 17.4. The maximum atomic E-state index is 12.8. The van der Waals surface area contributed by atoms with E-state index in [1.807, 2.05) is 23.7 Å². The van der Waals surface area contributed by atoms with Crippen molar-refractivity contribution in [2.24, 2.45) is 12.5 Å². The van der Waals surface area contributed by atoms with Crippen molar-refractivity contribution in [2.75, 3.05) is 0 Å². The molecular weight excluding hydrogens is 374 g/mol. The molecule has 0 bridgehead atoms. The molecule has 0 spiro atoms. The highest BCUT2D eigenvalue weighted by Crippen LogP contribution is 2.41. The summed E-state index contributed by atoms with van der Waals surface area (Å²) in [5.74, 6) is 0.